The third kappa shape index (κ3) is 4.72. The molecule has 0 bridgehead atoms. The standard InChI is InChI=1S/C22H24FN5O3/c1-14-11-27(12-15(2)31-14)20-8-7-16(9-18(20)23)10-24-21(29)13-28-22(30)17-5-3-4-6-19(17)25-26-28/h3-9,14-15H,10-13H2,1-2H3,(H,24,29). The van der Waals surface area contributed by atoms with Crippen molar-refractivity contribution in [3.8, 4) is 0 Å². The number of carbonyl (C=O) groups is 1. The predicted molar refractivity (Wildman–Crippen MR) is 114 cm³/mol. The monoisotopic (exact) mass is 425 g/mol. The molecule has 1 aromatic heterocycles. The maximum atomic E-state index is 14.7. The zero-order chi connectivity index (χ0) is 22.0. The van der Waals surface area contributed by atoms with E-state index in [-0.39, 0.29) is 36.7 Å². The molecule has 1 saturated heterocycles. The summed E-state index contributed by atoms with van der Waals surface area (Å²) in [6.07, 6.45) is 0.0625. The molecule has 31 heavy (non-hydrogen) atoms. The van der Waals surface area contributed by atoms with E-state index in [2.05, 4.69) is 15.6 Å². The van der Waals surface area contributed by atoms with E-state index in [9.17, 15) is 14.0 Å². The lowest BCUT2D eigenvalue weighted by molar-refractivity contribution is -0.122. The van der Waals surface area contributed by atoms with Gasteiger partial charge in [0.25, 0.3) is 5.56 Å². The number of nitrogens with one attached hydrogen (secondary N) is 1. The Morgan fingerprint density at radius 3 is 2.68 bits per heavy atom. The number of rotatable bonds is 5. The highest BCUT2D eigenvalue weighted by molar-refractivity contribution is 5.78. The Kier molecular flexibility index (Phi) is 5.94. The van der Waals surface area contributed by atoms with Crippen LogP contribution in [0, 0.1) is 5.82 Å². The van der Waals surface area contributed by atoms with Crippen molar-refractivity contribution < 1.29 is 13.9 Å². The van der Waals surface area contributed by atoms with Gasteiger partial charge in [-0.2, -0.15) is 0 Å². The molecule has 162 valence electrons. The number of aromatic nitrogens is 3. The van der Waals surface area contributed by atoms with Gasteiger partial charge in [-0.1, -0.05) is 23.4 Å². The van der Waals surface area contributed by atoms with Crippen molar-refractivity contribution in [1.29, 1.82) is 0 Å². The van der Waals surface area contributed by atoms with Crippen LogP contribution in [0.3, 0.4) is 0 Å². The normalized spacial score (nSPS) is 18.9. The van der Waals surface area contributed by atoms with Crippen LogP contribution in [0.5, 0.6) is 0 Å². The van der Waals surface area contributed by atoms with E-state index in [0.29, 0.717) is 35.2 Å². The summed E-state index contributed by atoms with van der Waals surface area (Å²) in [4.78, 5) is 26.7. The van der Waals surface area contributed by atoms with Crippen LogP contribution in [-0.4, -0.2) is 46.2 Å². The fraction of sp³-hybridized carbons (Fsp3) is 0.364. The lowest BCUT2D eigenvalue weighted by Crippen LogP contribution is -2.45. The Bertz CT molecular complexity index is 1160. The summed E-state index contributed by atoms with van der Waals surface area (Å²) in [5.74, 6) is -0.753. The highest BCUT2D eigenvalue weighted by Gasteiger charge is 2.24. The molecule has 8 nitrogen and oxygen atoms in total. The molecule has 2 atom stereocenters. The van der Waals surface area contributed by atoms with E-state index >= 15 is 0 Å². The van der Waals surface area contributed by atoms with Crippen molar-refractivity contribution in [3.05, 3.63) is 64.2 Å². The molecule has 1 amide bonds. The van der Waals surface area contributed by atoms with Crippen LogP contribution in [-0.2, 0) is 22.6 Å². The highest BCUT2D eigenvalue weighted by atomic mass is 19.1. The molecule has 2 unspecified atom stereocenters. The molecule has 3 aromatic rings. The number of benzene rings is 2. The van der Waals surface area contributed by atoms with Crippen LogP contribution >= 0.6 is 0 Å². The topological polar surface area (TPSA) is 89.4 Å². The zero-order valence-corrected chi connectivity index (χ0v) is 17.4. The Morgan fingerprint density at radius 2 is 1.94 bits per heavy atom. The van der Waals surface area contributed by atoms with Crippen LogP contribution in [0.1, 0.15) is 19.4 Å². The minimum atomic E-state index is -0.410. The fourth-order valence-electron chi connectivity index (χ4n) is 3.81. The Hall–Kier alpha value is -3.33. The van der Waals surface area contributed by atoms with E-state index in [1.165, 1.54) is 6.07 Å². The summed E-state index contributed by atoms with van der Waals surface area (Å²) in [5.41, 5.74) is 1.24. The Morgan fingerprint density at radius 1 is 1.19 bits per heavy atom. The lowest BCUT2D eigenvalue weighted by atomic mass is 10.1. The molecule has 1 fully saturated rings. The minimum absolute atomic E-state index is 0.0312. The van der Waals surface area contributed by atoms with Gasteiger partial charge in [0.05, 0.1) is 23.3 Å². The number of amides is 1. The van der Waals surface area contributed by atoms with Gasteiger partial charge in [0.15, 0.2) is 0 Å². The van der Waals surface area contributed by atoms with Crippen molar-refractivity contribution in [2.75, 3.05) is 18.0 Å². The number of ether oxygens (including phenoxy) is 1. The van der Waals surface area contributed by atoms with Crippen LogP contribution in [0.2, 0.25) is 0 Å². The van der Waals surface area contributed by atoms with Crippen molar-refractivity contribution in [2.24, 2.45) is 0 Å². The van der Waals surface area contributed by atoms with Gasteiger partial charge in [0.2, 0.25) is 5.91 Å². The number of fused-ring (bicyclic) bond motifs is 1. The molecular formula is C22H24FN5O3. The summed E-state index contributed by atoms with van der Waals surface area (Å²) < 4.78 is 21.4. The molecule has 1 aliphatic rings. The van der Waals surface area contributed by atoms with Crippen molar-refractivity contribution in [3.63, 3.8) is 0 Å². The third-order valence-electron chi connectivity index (χ3n) is 5.18. The Balaban J connectivity index is 1.39. The maximum absolute atomic E-state index is 14.7. The van der Waals surface area contributed by atoms with Gasteiger partial charge in [-0.25, -0.2) is 9.07 Å². The van der Waals surface area contributed by atoms with Gasteiger partial charge >= 0.3 is 0 Å². The number of carbonyl (C=O) groups excluding carboxylic acids is 1. The third-order valence-corrected chi connectivity index (χ3v) is 5.18. The second kappa shape index (κ2) is 8.81. The first-order valence-corrected chi connectivity index (χ1v) is 10.2. The molecule has 1 aliphatic heterocycles. The molecular weight excluding hydrogens is 401 g/mol. The number of anilines is 1. The summed E-state index contributed by atoms with van der Waals surface area (Å²) in [5, 5.41) is 10.9. The van der Waals surface area contributed by atoms with Crippen molar-refractivity contribution in [2.45, 2.75) is 39.1 Å². The van der Waals surface area contributed by atoms with Crippen LogP contribution in [0.25, 0.3) is 10.9 Å². The molecule has 2 aromatic carbocycles. The molecule has 4 rings (SSSR count). The van der Waals surface area contributed by atoms with Gasteiger partial charge in [-0.3, -0.25) is 9.59 Å². The van der Waals surface area contributed by atoms with Crippen LogP contribution in [0.4, 0.5) is 10.1 Å². The van der Waals surface area contributed by atoms with E-state index < -0.39 is 5.91 Å². The average Bonchev–Trinajstić information content (AvgIpc) is 2.74. The van der Waals surface area contributed by atoms with E-state index in [1.807, 2.05) is 18.7 Å². The van der Waals surface area contributed by atoms with E-state index in [0.717, 1.165) is 4.68 Å². The van der Waals surface area contributed by atoms with Crippen molar-refractivity contribution in [1.82, 2.24) is 20.3 Å². The van der Waals surface area contributed by atoms with Gasteiger partial charge < -0.3 is 15.0 Å². The summed E-state index contributed by atoms with van der Waals surface area (Å²) in [6, 6.07) is 11.7. The summed E-state index contributed by atoms with van der Waals surface area (Å²) in [7, 11) is 0. The molecule has 2 heterocycles. The second-order valence-electron chi connectivity index (χ2n) is 7.79. The first-order chi connectivity index (χ1) is 14.9. The van der Waals surface area contributed by atoms with E-state index in [4.69, 9.17) is 4.74 Å². The molecule has 0 aliphatic carbocycles. The molecule has 0 spiro atoms. The first kappa shape index (κ1) is 20.9. The quantitative estimate of drug-likeness (QED) is 0.671. The van der Waals surface area contributed by atoms with Gasteiger partial charge in [0, 0.05) is 19.6 Å². The minimum Gasteiger partial charge on any atom is -0.372 e. The van der Waals surface area contributed by atoms with Crippen molar-refractivity contribution >= 4 is 22.5 Å². The number of nitrogens with zero attached hydrogens (tertiary/aromatic N) is 4. The lowest BCUT2D eigenvalue weighted by Gasteiger charge is -2.37. The molecule has 1 N–H and O–H groups in total. The van der Waals surface area contributed by atoms with E-state index in [1.54, 1.807) is 36.4 Å². The fourth-order valence-corrected chi connectivity index (χ4v) is 3.81. The largest absolute Gasteiger partial charge is 0.372 e. The Labute approximate surface area is 178 Å². The summed E-state index contributed by atoms with van der Waals surface area (Å²) >= 11 is 0. The summed E-state index contributed by atoms with van der Waals surface area (Å²) in [6.45, 7) is 5.06. The van der Waals surface area contributed by atoms with Crippen LogP contribution < -0.4 is 15.8 Å². The maximum Gasteiger partial charge on any atom is 0.278 e. The average molecular weight is 425 g/mol. The zero-order valence-electron chi connectivity index (χ0n) is 17.4. The highest BCUT2D eigenvalue weighted by Crippen LogP contribution is 2.24. The van der Waals surface area contributed by atoms with Gasteiger partial charge in [-0.05, 0) is 43.7 Å². The number of hydrogen-bond donors (Lipinski definition) is 1. The smallest absolute Gasteiger partial charge is 0.278 e. The SMILES string of the molecule is CC1CN(c2ccc(CNC(=O)Cn3nnc4ccccc4c3=O)cc2F)CC(C)O1. The number of hydrogen-bond acceptors (Lipinski definition) is 6. The predicted octanol–water partition coefficient (Wildman–Crippen LogP) is 1.86. The molecule has 9 heteroatoms. The molecule has 0 radical (unpaired) electrons. The van der Waals surface area contributed by atoms with Gasteiger partial charge in [-0.15, -0.1) is 5.10 Å². The first-order valence-electron chi connectivity index (χ1n) is 10.2. The van der Waals surface area contributed by atoms with Crippen LogP contribution in [0.15, 0.2) is 47.3 Å². The molecule has 0 saturated carbocycles. The second-order valence-corrected chi connectivity index (χ2v) is 7.79. The number of morpholine rings is 1. The van der Waals surface area contributed by atoms with Gasteiger partial charge in [0.1, 0.15) is 17.9 Å². The number of halogens is 1.